The Labute approximate surface area is 96.6 Å². The van der Waals surface area contributed by atoms with Gasteiger partial charge in [0.1, 0.15) is 11.6 Å². The highest BCUT2D eigenvalue weighted by Gasteiger charge is 2.21. The fraction of sp³-hybridized carbons (Fsp3) is 0.538. The van der Waals surface area contributed by atoms with Crippen LogP contribution in [-0.4, -0.2) is 7.11 Å². The highest BCUT2D eigenvalue weighted by atomic mass is 19.1. The van der Waals surface area contributed by atoms with E-state index in [0.29, 0.717) is 11.7 Å². The van der Waals surface area contributed by atoms with Crippen molar-refractivity contribution in [2.75, 3.05) is 7.11 Å². The molecule has 2 unspecified atom stereocenters. The van der Waals surface area contributed by atoms with Crippen molar-refractivity contribution in [3.05, 3.63) is 29.6 Å². The highest BCUT2D eigenvalue weighted by Crippen LogP contribution is 2.32. The molecule has 1 rings (SSSR count). The van der Waals surface area contributed by atoms with E-state index in [0.717, 1.165) is 5.56 Å². The SMILES string of the molecule is COc1ccc(F)cc1C(N)C(C)C(C)C. The summed E-state index contributed by atoms with van der Waals surface area (Å²) < 4.78 is 18.4. The second-order valence-electron chi connectivity index (χ2n) is 4.52. The molecule has 2 atom stereocenters. The Bertz CT molecular complexity index is 352. The summed E-state index contributed by atoms with van der Waals surface area (Å²) >= 11 is 0. The normalized spacial score (nSPS) is 14.9. The third-order valence-corrected chi connectivity index (χ3v) is 3.17. The maximum absolute atomic E-state index is 13.2. The largest absolute Gasteiger partial charge is 0.496 e. The summed E-state index contributed by atoms with van der Waals surface area (Å²) in [5.41, 5.74) is 6.88. The van der Waals surface area contributed by atoms with E-state index in [1.165, 1.54) is 12.1 Å². The van der Waals surface area contributed by atoms with Gasteiger partial charge in [-0.25, -0.2) is 4.39 Å². The van der Waals surface area contributed by atoms with Crippen LogP contribution >= 0.6 is 0 Å². The van der Waals surface area contributed by atoms with Crippen molar-refractivity contribution in [1.82, 2.24) is 0 Å². The fourth-order valence-corrected chi connectivity index (χ4v) is 1.66. The molecular weight excluding hydrogens is 205 g/mol. The lowest BCUT2D eigenvalue weighted by Crippen LogP contribution is -2.23. The van der Waals surface area contributed by atoms with Gasteiger partial charge >= 0.3 is 0 Å². The van der Waals surface area contributed by atoms with E-state index in [1.54, 1.807) is 13.2 Å². The third-order valence-electron chi connectivity index (χ3n) is 3.17. The minimum absolute atomic E-state index is 0.203. The molecule has 90 valence electrons. The lowest BCUT2D eigenvalue weighted by Gasteiger charge is -2.25. The van der Waals surface area contributed by atoms with Crippen molar-refractivity contribution in [2.45, 2.75) is 26.8 Å². The first kappa shape index (κ1) is 13.0. The van der Waals surface area contributed by atoms with Crippen LogP contribution < -0.4 is 10.5 Å². The van der Waals surface area contributed by atoms with Crippen molar-refractivity contribution in [2.24, 2.45) is 17.6 Å². The van der Waals surface area contributed by atoms with E-state index in [4.69, 9.17) is 10.5 Å². The maximum atomic E-state index is 13.2. The van der Waals surface area contributed by atoms with Gasteiger partial charge in [0.15, 0.2) is 0 Å². The van der Waals surface area contributed by atoms with E-state index in [-0.39, 0.29) is 17.8 Å². The van der Waals surface area contributed by atoms with Gasteiger partial charge in [0.05, 0.1) is 7.11 Å². The van der Waals surface area contributed by atoms with Crippen LogP contribution in [0.2, 0.25) is 0 Å². The lowest BCUT2D eigenvalue weighted by atomic mass is 9.86. The van der Waals surface area contributed by atoms with E-state index in [9.17, 15) is 4.39 Å². The molecule has 3 heteroatoms. The molecule has 0 spiro atoms. The number of rotatable bonds is 4. The fourth-order valence-electron chi connectivity index (χ4n) is 1.66. The van der Waals surface area contributed by atoms with Gasteiger partial charge in [-0.2, -0.15) is 0 Å². The lowest BCUT2D eigenvalue weighted by molar-refractivity contribution is 0.336. The Kier molecular flexibility index (Phi) is 4.30. The second kappa shape index (κ2) is 5.30. The average Bonchev–Trinajstić information content (AvgIpc) is 2.26. The summed E-state index contributed by atoms with van der Waals surface area (Å²) in [6, 6.07) is 4.26. The smallest absolute Gasteiger partial charge is 0.123 e. The van der Waals surface area contributed by atoms with Crippen LogP contribution in [-0.2, 0) is 0 Å². The van der Waals surface area contributed by atoms with E-state index >= 15 is 0 Å². The first-order valence-corrected chi connectivity index (χ1v) is 5.56. The number of hydrogen-bond acceptors (Lipinski definition) is 2. The molecule has 0 aromatic heterocycles. The molecule has 2 nitrogen and oxygen atoms in total. The van der Waals surface area contributed by atoms with Crippen LogP contribution in [0.4, 0.5) is 4.39 Å². The number of ether oxygens (including phenoxy) is 1. The average molecular weight is 225 g/mol. The third kappa shape index (κ3) is 2.73. The van der Waals surface area contributed by atoms with Crippen molar-refractivity contribution >= 4 is 0 Å². The number of nitrogens with two attached hydrogens (primary N) is 1. The van der Waals surface area contributed by atoms with Crippen molar-refractivity contribution < 1.29 is 9.13 Å². The molecule has 0 aliphatic heterocycles. The number of benzene rings is 1. The Hall–Kier alpha value is -1.09. The zero-order valence-corrected chi connectivity index (χ0v) is 10.3. The molecule has 1 aromatic carbocycles. The van der Waals surface area contributed by atoms with E-state index in [2.05, 4.69) is 20.8 Å². The van der Waals surface area contributed by atoms with Gasteiger partial charge in [-0.3, -0.25) is 0 Å². The monoisotopic (exact) mass is 225 g/mol. The maximum Gasteiger partial charge on any atom is 0.123 e. The Morgan fingerprint density at radius 2 is 1.88 bits per heavy atom. The van der Waals surface area contributed by atoms with E-state index < -0.39 is 0 Å². The standard InChI is InChI=1S/C13H20FNO/c1-8(2)9(3)13(15)11-7-10(14)5-6-12(11)16-4/h5-9,13H,15H2,1-4H3. The summed E-state index contributed by atoms with van der Waals surface area (Å²) in [4.78, 5) is 0. The first-order valence-electron chi connectivity index (χ1n) is 5.56. The zero-order chi connectivity index (χ0) is 12.3. The summed E-state index contributed by atoms with van der Waals surface area (Å²) in [6.07, 6.45) is 0. The molecular formula is C13H20FNO. The number of hydrogen-bond donors (Lipinski definition) is 1. The predicted molar refractivity (Wildman–Crippen MR) is 63.9 cm³/mol. The number of halogens is 1. The van der Waals surface area contributed by atoms with Crippen LogP contribution in [0.15, 0.2) is 18.2 Å². The molecule has 0 fully saturated rings. The molecule has 0 saturated heterocycles. The highest BCUT2D eigenvalue weighted by molar-refractivity contribution is 5.36. The Balaban J connectivity index is 3.05. The topological polar surface area (TPSA) is 35.2 Å². The van der Waals surface area contributed by atoms with Gasteiger partial charge in [-0.15, -0.1) is 0 Å². The van der Waals surface area contributed by atoms with Crippen molar-refractivity contribution in [3.63, 3.8) is 0 Å². The molecule has 0 bridgehead atoms. The minimum Gasteiger partial charge on any atom is -0.496 e. The van der Waals surface area contributed by atoms with Crippen LogP contribution in [0.5, 0.6) is 5.75 Å². The quantitative estimate of drug-likeness (QED) is 0.854. The van der Waals surface area contributed by atoms with Crippen LogP contribution in [0.25, 0.3) is 0 Å². The molecule has 16 heavy (non-hydrogen) atoms. The Morgan fingerprint density at radius 1 is 1.25 bits per heavy atom. The summed E-state index contributed by atoms with van der Waals surface area (Å²) in [5, 5.41) is 0. The van der Waals surface area contributed by atoms with Gasteiger partial charge in [-0.05, 0) is 30.0 Å². The summed E-state index contributed by atoms with van der Waals surface area (Å²) in [7, 11) is 1.57. The second-order valence-corrected chi connectivity index (χ2v) is 4.52. The van der Waals surface area contributed by atoms with Crippen LogP contribution in [0, 0.1) is 17.7 Å². The first-order chi connectivity index (χ1) is 7.47. The van der Waals surface area contributed by atoms with Gasteiger partial charge < -0.3 is 10.5 Å². The molecule has 0 heterocycles. The van der Waals surface area contributed by atoms with Gasteiger partial charge in [0.25, 0.3) is 0 Å². The van der Waals surface area contributed by atoms with Gasteiger partial charge in [0.2, 0.25) is 0 Å². The molecule has 1 aromatic rings. The van der Waals surface area contributed by atoms with Crippen molar-refractivity contribution in [3.8, 4) is 5.75 Å². The molecule has 0 radical (unpaired) electrons. The molecule has 2 N–H and O–H groups in total. The van der Waals surface area contributed by atoms with Crippen LogP contribution in [0.3, 0.4) is 0 Å². The van der Waals surface area contributed by atoms with Gasteiger partial charge in [-0.1, -0.05) is 20.8 Å². The predicted octanol–water partition coefficient (Wildman–Crippen LogP) is 3.13. The molecule has 0 amide bonds. The zero-order valence-electron chi connectivity index (χ0n) is 10.3. The van der Waals surface area contributed by atoms with Crippen molar-refractivity contribution in [1.29, 1.82) is 0 Å². The van der Waals surface area contributed by atoms with Gasteiger partial charge in [0, 0.05) is 11.6 Å². The minimum atomic E-state index is -0.276. The van der Waals surface area contributed by atoms with E-state index in [1.807, 2.05) is 0 Å². The molecule has 0 saturated carbocycles. The number of methoxy groups -OCH3 is 1. The molecule has 0 aliphatic carbocycles. The summed E-state index contributed by atoms with van der Waals surface area (Å²) in [5.74, 6) is 1.10. The summed E-state index contributed by atoms with van der Waals surface area (Å²) in [6.45, 7) is 6.28. The Morgan fingerprint density at radius 3 is 2.38 bits per heavy atom. The van der Waals surface area contributed by atoms with Crippen LogP contribution in [0.1, 0.15) is 32.4 Å². The molecule has 0 aliphatic rings.